The van der Waals surface area contributed by atoms with Crippen LogP contribution in [0, 0.1) is 5.92 Å². The Labute approximate surface area is 146 Å². The zero-order chi connectivity index (χ0) is 18.1. The van der Waals surface area contributed by atoms with Crippen molar-refractivity contribution in [1.29, 1.82) is 0 Å². The first kappa shape index (κ1) is 18.7. The molecule has 4 N–H and O–H groups in total. The first-order chi connectivity index (χ1) is 12.0. The summed E-state index contributed by atoms with van der Waals surface area (Å²) in [4.78, 5) is 34.4. The quantitative estimate of drug-likeness (QED) is 0.662. The number of amides is 3. The molecule has 136 valence electrons. The summed E-state index contributed by atoms with van der Waals surface area (Å²) in [6.07, 6.45) is 1.27. The molecular weight excluding hydrogens is 326 g/mol. The molecule has 0 aliphatic heterocycles. The minimum atomic E-state index is -0.796. The Morgan fingerprint density at radius 2 is 1.72 bits per heavy atom. The standard InChI is InChI=1S/C17H23N3O5/c18-17(23)25-14-8-6-13(7-9-14)16(22)20-19-15(21)11-24-10-12-4-2-1-3-5-12/h1-5,13-14H,6-11H2,(H2,18,23)(H,19,21)(H,20,22)/t13-,14-. The van der Waals surface area contributed by atoms with Crippen LogP contribution in [0.25, 0.3) is 0 Å². The molecule has 1 aliphatic rings. The van der Waals surface area contributed by atoms with Gasteiger partial charge >= 0.3 is 6.09 Å². The van der Waals surface area contributed by atoms with Gasteiger partial charge < -0.3 is 15.2 Å². The van der Waals surface area contributed by atoms with Crippen molar-refractivity contribution in [3.05, 3.63) is 35.9 Å². The van der Waals surface area contributed by atoms with Gasteiger partial charge in [0.1, 0.15) is 12.7 Å². The molecule has 25 heavy (non-hydrogen) atoms. The Hall–Kier alpha value is -2.61. The van der Waals surface area contributed by atoms with Crippen LogP contribution in [0.5, 0.6) is 0 Å². The van der Waals surface area contributed by atoms with Gasteiger partial charge in [0, 0.05) is 5.92 Å². The highest BCUT2D eigenvalue weighted by molar-refractivity contribution is 5.83. The molecule has 2 rings (SSSR count). The topological polar surface area (TPSA) is 120 Å². The third kappa shape index (κ3) is 6.80. The minimum Gasteiger partial charge on any atom is -0.446 e. The van der Waals surface area contributed by atoms with Crippen LogP contribution in [0.2, 0.25) is 0 Å². The second-order valence-corrected chi connectivity index (χ2v) is 5.93. The number of nitrogens with one attached hydrogen (secondary N) is 2. The zero-order valence-electron chi connectivity index (χ0n) is 13.9. The van der Waals surface area contributed by atoms with Gasteiger partial charge in [0.25, 0.3) is 5.91 Å². The Morgan fingerprint density at radius 1 is 1.04 bits per heavy atom. The van der Waals surface area contributed by atoms with Crippen molar-refractivity contribution in [2.24, 2.45) is 11.7 Å². The average Bonchev–Trinajstić information content (AvgIpc) is 2.61. The highest BCUT2D eigenvalue weighted by Gasteiger charge is 2.28. The molecule has 0 aromatic heterocycles. The smallest absolute Gasteiger partial charge is 0.404 e. The number of ether oxygens (including phenoxy) is 2. The molecule has 1 fully saturated rings. The fraction of sp³-hybridized carbons (Fsp3) is 0.471. The van der Waals surface area contributed by atoms with Crippen molar-refractivity contribution >= 4 is 17.9 Å². The summed E-state index contributed by atoms with van der Waals surface area (Å²) >= 11 is 0. The number of carbonyl (C=O) groups excluding carboxylic acids is 3. The second-order valence-electron chi connectivity index (χ2n) is 5.93. The Balaban J connectivity index is 1.60. The Morgan fingerprint density at radius 3 is 2.36 bits per heavy atom. The fourth-order valence-corrected chi connectivity index (χ4v) is 2.71. The SMILES string of the molecule is NC(=O)O[C@H]1CC[C@H](C(=O)NNC(=O)COCc2ccccc2)CC1. The summed E-state index contributed by atoms with van der Waals surface area (Å²) in [6, 6.07) is 9.49. The maximum absolute atomic E-state index is 12.0. The summed E-state index contributed by atoms with van der Waals surface area (Å²) in [7, 11) is 0. The van der Waals surface area contributed by atoms with Crippen LogP contribution < -0.4 is 16.6 Å². The molecule has 1 aromatic rings. The van der Waals surface area contributed by atoms with Crippen LogP contribution in [0.1, 0.15) is 31.2 Å². The van der Waals surface area contributed by atoms with Crippen molar-refractivity contribution in [3.8, 4) is 0 Å². The van der Waals surface area contributed by atoms with Gasteiger partial charge in [-0.15, -0.1) is 0 Å². The molecule has 0 heterocycles. The van der Waals surface area contributed by atoms with Crippen molar-refractivity contribution in [3.63, 3.8) is 0 Å². The Kier molecular flexibility index (Phi) is 7.21. The number of hydrogen-bond acceptors (Lipinski definition) is 5. The lowest BCUT2D eigenvalue weighted by atomic mass is 9.87. The molecule has 0 spiro atoms. The van der Waals surface area contributed by atoms with Crippen molar-refractivity contribution in [2.75, 3.05) is 6.61 Å². The highest BCUT2D eigenvalue weighted by Crippen LogP contribution is 2.26. The predicted molar refractivity (Wildman–Crippen MR) is 88.8 cm³/mol. The van der Waals surface area contributed by atoms with E-state index < -0.39 is 12.0 Å². The lowest BCUT2D eigenvalue weighted by Crippen LogP contribution is -2.46. The monoisotopic (exact) mass is 349 g/mol. The van der Waals surface area contributed by atoms with Gasteiger partial charge in [-0.1, -0.05) is 30.3 Å². The van der Waals surface area contributed by atoms with E-state index in [1.165, 1.54) is 0 Å². The summed E-state index contributed by atoms with van der Waals surface area (Å²) in [5, 5.41) is 0. The minimum absolute atomic E-state index is 0.144. The molecule has 0 bridgehead atoms. The largest absolute Gasteiger partial charge is 0.446 e. The molecule has 0 saturated heterocycles. The summed E-state index contributed by atoms with van der Waals surface area (Å²) < 4.78 is 10.2. The normalized spacial score (nSPS) is 19.7. The fourth-order valence-electron chi connectivity index (χ4n) is 2.71. The van der Waals surface area contributed by atoms with E-state index >= 15 is 0 Å². The Bertz CT molecular complexity index is 585. The second kappa shape index (κ2) is 9.63. The number of hydrogen-bond donors (Lipinski definition) is 3. The van der Waals surface area contributed by atoms with Gasteiger partial charge in [-0.3, -0.25) is 20.4 Å². The van der Waals surface area contributed by atoms with Crippen LogP contribution >= 0.6 is 0 Å². The van der Waals surface area contributed by atoms with E-state index in [-0.39, 0.29) is 24.5 Å². The van der Waals surface area contributed by atoms with E-state index in [9.17, 15) is 14.4 Å². The maximum atomic E-state index is 12.0. The van der Waals surface area contributed by atoms with Gasteiger partial charge in [0.05, 0.1) is 6.61 Å². The molecule has 0 atom stereocenters. The molecule has 3 amide bonds. The third-order valence-electron chi connectivity index (χ3n) is 4.00. The van der Waals surface area contributed by atoms with Crippen molar-refractivity contribution in [1.82, 2.24) is 10.9 Å². The molecule has 0 unspecified atom stereocenters. The number of hydrazine groups is 1. The van der Waals surface area contributed by atoms with Gasteiger partial charge in [-0.05, 0) is 31.2 Å². The number of rotatable bonds is 6. The van der Waals surface area contributed by atoms with E-state index in [4.69, 9.17) is 15.2 Å². The molecule has 8 heteroatoms. The third-order valence-corrected chi connectivity index (χ3v) is 4.00. The van der Waals surface area contributed by atoms with Crippen LogP contribution in [0.15, 0.2) is 30.3 Å². The van der Waals surface area contributed by atoms with Crippen molar-refractivity contribution in [2.45, 2.75) is 38.4 Å². The molecule has 8 nitrogen and oxygen atoms in total. The van der Waals surface area contributed by atoms with Crippen LogP contribution in [-0.4, -0.2) is 30.6 Å². The molecular formula is C17H23N3O5. The lowest BCUT2D eigenvalue weighted by molar-refractivity contribution is -0.134. The van der Waals surface area contributed by atoms with E-state index in [1.807, 2.05) is 30.3 Å². The van der Waals surface area contributed by atoms with Gasteiger partial charge in [0.15, 0.2) is 0 Å². The summed E-state index contributed by atoms with van der Waals surface area (Å²) in [5.41, 5.74) is 10.7. The van der Waals surface area contributed by atoms with Crippen LogP contribution in [-0.2, 0) is 25.7 Å². The first-order valence-electron chi connectivity index (χ1n) is 8.21. The lowest BCUT2D eigenvalue weighted by Gasteiger charge is -2.26. The first-order valence-corrected chi connectivity index (χ1v) is 8.21. The molecule has 1 aromatic carbocycles. The van der Waals surface area contributed by atoms with Gasteiger partial charge in [0.2, 0.25) is 5.91 Å². The van der Waals surface area contributed by atoms with E-state index in [2.05, 4.69) is 10.9 Å². The number of carbonyl (C=O) groups is 3. The molecule has 0 radical (unpaired) electrons. The number of nitrogens with two attached hydrogens (primary N) is 1. The van der Waals surface area contributed by atoms with Crippen LogP contribution in [0.3, 0.4) is 0 Å². The van der Waals surface area contributed by atoms with E-state index in [0.717, 1.165) is 5.56 Å². The predicted octanol–water partition coefficient (Wildman–Crippen LogP) is 1.00. The van der Waals surface area contributed by atoms with Crippen LogP contribution in [0.4, 0.5) is 4.79 Å². The number of benzene rings is 1. The van der Waals surface area contributed by atoms with E-state index in [1.54, 1.807) is 0 Å². The number of primary amides is 1. The van der Waals surface area contributed by atoms with Gasteiger partial charge in [-0.2, -0.15) is 0 Å². The molecule has 1 aliphatic carbocycles. The van der Waals surface area contributed by atoms with Gasteiger partial charge in [-0.25, -0.2) is 4.79 Å². The average molecular weight is 349 g/mol. The molecule has 1 saturated carbocycles. The van der Waals surface area contributed by atoms with E-state index in [0.29, 0.717) is 32.3 Å². The highest BCUT2D eigenvalue weighted by atomic mass is 16.6. The summed E-state index contributed by atoms with van der Waals surface area (Å²) in [5.74, 6) is -0.901. The van der Waals surface area contributed by atoms with Crippen molar-refractivity contribution < 1.29 is 23.9 Å². The maximum Gasteiger partial charge on any atom is 0.404 e. The summed E-state index contributed by atoms with van der Waals surface area (Å²) in [6.45, 7) is 0.181. The zero-order valence-corrected chi connectivity index (χ0v) is 13.9.